The SMILES string of the molecule is CC1CC(c2cccc(-c3cc(N4CC5CCC(C4)N5c4ccnc(C#CCN5CC(F)(C6CC6)C5)c4)c(N)nn3)c2O)N(CC#Cc2cc(N3C4CCC3CN(c3cc(-c5ccccc5O)nnc3N)C4)ccn2)CCC1(C)O. The Labute approximate surface area is 466 Å². The number of hydrogen-bond donors (Lipinski definition) is 5. The maximum absolute atomic E-state index is 14.9. The molecule has 412 valence electrons. The van der Waals surface area contributed by atoms with E-state index in [0.29, 0.717) is 85.4 Å². The summed E-state index contributed by atoms with van der Waals surface area (Å²) in [5.74, 6) is 14.5. The van der Waals surface area contributed by atoms with Gasteiger partial charge in [0.2, 0.25) is 0 Å². The maximum Gasteiger partial charge on any atom is 0.169 e. The van der Waals surface area contributed by atoms with Crippen LogP contribution in [0.15, 0.2) is 91.3 Å². The summed E-state index contributed by atoms with van der Waals surface area (Å²) in [5, 5.41) is 52.2. The monoisotopic (exact) mass is 1080 g/mol. The Morgan fingerprint density at radius 1 is 0.662 bits per heavy atom. The van der Waals surface area contributed by atoms with Crippen molar-refractivity contribution in [2.24, 2.45) is 11.8 Å². The predicted molar refractivity (Wildman–Crippen MR) is 309 cm³/mol. The molecule has 7 atom stereocenters. The van der Waals surface area contributed by atoms with E-state index in [0.717, 1.165) is 98.7 Å². The van der Waals surface area contributed by atoms with Gasteiger partial charge in [0.05, 0.1) is 41.5 Å². The molecular weight excluding hydrogens is 1010 g/mol. The topological polar surface area (TPSA) is 210 Å². The number of nitrogens with two attached hydrogens (primary N) is 2. The fraction of sp³-hybridized carbons (Fsp3) is 0.452. The summed E-state index contributed by atoms with van der Waals surface area (Å²) < 4.78 is 14.9. The van der Waals surface area contributed by atoms with Crippen LogP contribution < -0.4 is 31.1 Å². The Kier molecular flexibility index (Phi) is 13.4. The molecule has 0 radical (unpaired) electrons. The first-order valence-electron chi connectivity index (χ1n) is 28.5. The highest BCUT2D eigenvalue weighted by atomic mass is 19.1. The van der Waals surface area contributed by atoms with Crippen molar-refractivity contribution >= 4 is 34.4 Å². The summed E-state index contributed by atoms with van der Waals surface area (Å²) in [5.41, 5.74) is 19.4. The van der Waals surface area contributed by atoms with Gasteiger partial charge in [0.15, 0.2) is 11.6 Å². The first-order valence-corrected chi connectivity index (χ1v) is 28.5. The first kappa shape index (κ1) is 51.7. The molecular formula is C62H69FN14O3. The van der Waals surface area contributed by atoms with E-state index >= 15 is 0 Å². The predicted octanol–water partition coefficient (Wildman–Crippen LogP) is 7.04. The summed E-state index contributed by atoms with van der Waals surface area (Å²) >= 11 is 0. The zero-order chi connectivity index (χ0) is 54.9. The Morgan fingerprint density at radius 3 is 1.76 bits per heavy atom. The van der Waals surface area contributed by atoms with Crippen molar-refractivity contribution in [2.75, 3.05) is 90.0 Å². The molecule has 4 aromatic heterocycles. The molecule has 10 heterocycles. The third-order valence-corrected chi connectivity index (χ3v) is 18.5. The lowest BCUT2D eigenvalue weighted by Crippen LogP contribution is -2.60. The number of aromatic nitrogens is 6. The molecule has 6 aliphatic heterocycles. The van der Waals surface area contributed by atoms with E-state index in [9.17, 15) is 19.7 Å². The molecule has 80 heavy (non-hydrogen) atoms. The number of aromatic hydroxyl groups is 2. The third kappa shape index (κ3) is 9.92. The maximum atomic E-state index is 14.9. The Hall–Kier alpha value is -7.77. The summed E-state index contributed by atoms with van der Waals surface area (Å²) in [7, 11) is 0. The number of phenolic OH excluding ortho intramolecular Hbond substituents is 2. The second-order valence-corrected chi connectivity index (χ2v) is 23.7. The minimum atomic E-state index is -1.01. The van der Waals surface area contributed by atoms with Crippen molar-refractivity contribution in [3.05, 3.63) is 108 Å². The van der Waals surface area contributed by atoms with Crippen LogP contribution in [0.2, 0.25) is 0 Å². The van der Waals surface area contributed by atoms with E-state index in [2.05, 4.69) is 110 Å². The number of alkyl halides is 1. The van der Waals surface area contributed by atoms with Crippen molar-refractivity contribution < 1.29 is 19.7 Å². The molecule has 18 heteroatoms. The van der Waals surface area contributed by atoms with Crippen molar-refractivity contribution in [3.63, 3.8) is 0 Å². The number of likely N-dealkylation sites (tertiary alicyclic amines) is 2. The van der Waals surface area contributed by atoms with E-state index in [1.165, 1.54) is 0 Å². The Bertz CT molecular complexity index is 3430. The van der Waals surface area contributed by atoms with Crippen LogP contribution in [0.3, 0.4) is 0 Å². The number of nitrogens with zero attached hydrogens (tertiary/aromatic N) is 12. The molecule has 17 nitrogen and oxygen atoms in total. The molecule has 7 aliphatic rings. The Morgan fingerprint density at radius 2 is 1.20 bits per heavy atom. The van der Waals surface area contributed by atoms with E-state index in [1.54, 1.807) is 12.1 Å². The molecule has 6 aromatic rings. The minimum Gasteiger partial charge on any atom is -0.507 e. The smallest absolute Gasteiger partial charge is 0.169 e. The van der Waals surface area contributed by atoms with Crippen LogP contribution in [0.25, 0.3) is 22.5 Å². The normalized spacial score (nSPS) is 26.2. The van der Waals surface area contributed by atoms with Crippen LogP contribution in [0.5, 0.6) is 11.5 Å². The van der Waals surface area contributed by atoms with Crippen molar-refractivity contribution in [2.45, 2.75) is 107 Å². The molecule has 6 saturated heterocycles. The molecule has 1 saturated carbocycles. The van der Waals surface area contributed by atoms with Crippen molar-refractivity contribution in [3.8, 4) is 57.7 Å². The van der Waals surface area contributed by atoms with Crippen LogP contribution in [0, 0.1) is 35.5 Å². The number of nitrogen functional groups attached to an aromatic ring is 2. The standard InChI is InChI=1S/C62H69FN14O3/c1-39-28-54(73(27-22-61(39,2)80)26-7-9-42-30-44(21-24-67-42)77-45-16-17-46(77)34-74(33-45)55-31-52(68-70-59(55)64)49-10-3-4-13-57(49)78)51-12-5-11-50(58(51)79)53-32-56(60(65)71-69-53)75-35-47-18-19-48(36-75)76(47)43-20-23-66-41(29-43)8-6-25-72-37-62(63,38-72)40-14-15-40/h3-5,10-13,20-21,23-24,29-32,39-40,45-48,54,78-80H,14-19,22,25-28,33-38H2,1-2H3,(H2,64,70)(H2,65,71). The molecule has 2 aromatic carbocycles. The molecule has 7 fully saturated rings. The summed E-state index contributed by atoms with van der Waals surface area (Å²) in [6.45, 7) is 9.45. The molecule has 4 bridgehead atoms. The number of benzene rings is 2. The van der Waals surface area contributed by atoms with Crippen LogP contribution >= 0.6 is 0 Å². The van der Waals surface area contributed by atoms with Gasteiger partial charge in [-0.1, -0.05) is 43.0 Å². The van der Waals surface area contributed by atoms with Crippen molar-refractivity contribution in [1.82, 2.24) is 40.2 Å². The first-order chi connectivity index (χ1) is 38.7. The van der Waals surface area contributed by atoms with Gasteiger partial charge < -0.3 is 46.4 Å². The summed E-state index contributed by atoms with van der Waals surface area (Å²) in [6.07, 6.45) is 11.0. The highest BCUT2D eigenvalue weighted by Gasteiger charge is 2.53. The highest BCUT2D eigenvalue weighted by Crippen LogP contribution is 2.48. The van der Waals surface area contributed by atoms with Crippen LogP contribution in [0.1, 0.15) is 88.2 Å². The molecule has 7 N–H and O–H groups in total. The summed E-state index contributed by atoms with van der Waals surface area (Å²) in [6, 6.07) is 25.8. The van der Waals surface area contributed by atoms with E-state index in [-0.39, 0.29) is 53.5 Å². The van der Waals surface area contributed by atoms with Gasteiger partial charge in [-0.3, -0.25) is 9.80 Å². The second-order valence-electron chi connectivity index (χ2n) is 23.7. The number of hydrogen-bond acceptors (Lipinski definition) is 17. The fourth-order valence-corrected chi connectivity index (χ4v) is 13.8. The van der Waals surface area contributed by atoms with Gasteiger partial charge in [-0.15, -0.1) is 20.4 Å². The number of fused-ring (bicyclic) bond motifs is 4. The van der Waals surface area contributed by atoms with Crippen LogP contribution in [0.4, 0.5) is 38.8 Å². The van der Waals surface area contributed by atoms with Crippen LogP contribution in [-0.2, 0) is 0 Å². The summed E-state index contributed by atoms with van der Waals surface area (Å²) in [4.78, 5) is 23.2. The number of aliphatic hydroxyl groups is 1. The number of phenols is 2. The van der Waals surface area contributed by atoms with Gasteiger partial charge in [-0.05, 0) is 137 Å². The fourth-order valence-electron chi connectivity index (χ4n) is 13.8. The van der Waals surface area contributed by atoms with E-state index in [1.807, 2.05) is 61.8 Å². The lowest BCUT2D eigenvalue weighted by Gasteiger charge is -2.44. The number of halogens is 1. The average Bonchev–Trinajstić information content (AvgIpc) is 4.41. The number of rotatable bonds is 10. The van der Waals surface area contributed by atoms with Gasteiger partial charge in [0.25, 0.3) is 0 Å². The largest absolute Gasteiger partial charge is 0.507 e. The molecule has 1 aliphatic carbocycles. The molecule has 7 unspecified atom stereocenters. The van der Waals surface area contributed by atoms with E-state index < -0.39 is 11.3 Å². The van der Waals surface area contributed by atoms with E-state index in [4.69, 9.17) is 16.5 Å². The lowest BCUT2D eigenvalue weighted by atomic mass is 9.83. The lowest BCUT2D eigenvalue weighted by molar-refractivity contribution is -0.0405. The van der Waals surface area contributed by atoms with Gasteiger partial charge in [0, 0.05) is 116 Å². The Balaban J connectivity index is 0.694. The quantitative estimate of drug-likeness (QED) is 0.0872. The van der Waals surface area contributed by atoms with Gasteiger partial charge in [-0.2, -0.15) is 0 Å². The zero-order valence-corrected chi connectivity index (χ0v) is 45.5. The third-order valence-electron chi connectivity index (χ3n) is 18.5. The van der Waals surface area contributed by atoms with Gasteiger partial charge >= 0.3 is 0 Å². The van der Waals surface area contributed by atoms with Gasteiger partial charge in [-0.25, -0.2) is 14.4 Å². The van der Waals surface area contributed by atoms with Gasteiger partial charge in [0.1, 0.15) is 28.6 Å². The zero-order valence-electron chi connectivity index (χ0n) is 45.5. The highest BCUT2D eigenvalue weighted by molar-refractivity contribution is 5.77. The molecule has 0 amide bonds. The number of piperazine rings is 2. The second kappa shape index (κ2) is 20.7. The molecule has 13 rings (SSSR count). The van der Waals surface area contributed by atoms with Crippen LogP contribution in [-0.4, -0.2) is 150 Å². The average molecular weight is 1080 g/mol. The molecule has 0 spiro atoms. The number of pyridine rings is 2. The number of para-hydroxylation sites is 2. The van der Waals surface area contributed by atoms with Crippen molar-refractivity contribution in [1.29, 1.82) is 0 Å². The number of anilines is 6. The minimum absolute atomic E-state index is 0.0710.